The van der Waals surface area contributed by atoms with Crippen LogP contribution in [0, 0.1) is 0 Å². The number of aryl methyl sites for hydroxylation is 1. The Balaban J connectivity index is 2.50. The first-order valence-electron chi connectivity index (χ1n) is 6.33. The molecule has 1 atom stereocenters. The van der Waals surface area contributed by atoms with Crippen LogP contribution in [0.15, 0.2) is 12.1 Å². The Kier molecular flexibility index (Phi) is 4.02. The van der Waals surface area contributed by atoms with Crippen LogP contribution in [0.4, 0.5) is 0 Å². The van der Waals surface area contributed by atoms with Crippen LogP contribution in [0.25, 0.3) is 0 Å². The fourth-order valence-corrected chi connectivity index (χ4v) is 2.69. The molecule has 0 bridgehead atoms. The quantitative estimate of drug-likeness (QED) is 0.787. The minimum absolute atomic E-state index is 0.0349. The predicted molar refractivity (Wildman–Crippen MR) is 68.3 cm³/mol. The lowest BCUT2D eigenvalue weighted by Crippen LogP contribution is -2.18. The van der Waals surface area contributed by atoms with Crippen molar-refractivity contribution in [2.75, 3.05) is 13.7 Å². The summed E-state index contributed by atoms with van der Waals surface area (Å²) in [7, 11) is 1.66. The Bertz CT molecular complexity index is 390. The average Bonchev–Trinajstić information content (AvgIpc) is 2.61. The lowest BCUT2D eigenvalue weighted by molar-refractivity contribution is 0.264. The predicted octanol–water partition coefficient (Wildman–Crippen LogP) is 1.96. The highest BCUT2D eigenvalue weighted by Gasteiger charge is 2.20. The van der Waals surface area contributed by atoms with Gasteiger partial charge in [-0.05, 0) is 42.9 Å². The van der Waals surface area contributed by atoms with Gasteiger partial charge in [-0.3, -0.25) is 0 Å². The second-order valence-electron chi connectivity index (χ2n) is 4.67. The molecule has 3 heteroatoms. The van der Waals surface area contributed by atoms with Gasteiger partial charge in [0.25, 0.3) is 0 Å². The lowest BCUT2D eigenvalue weighted by Gasteiger charge is -2.20. The highest BCUT2D eigenvalue weighted by atomic mass is 16.5. The Morgan fingerprint density at radius 3 is 2.76 bits per heavy atom. The van der Waals surface area contributed by atoms with E-state index in [1.165, 1.54) is 30.4 Å². The maximum atomic E-state index is 9.30. The maximum Gasteiger partial charge on any atom is 0.124 e. The van der Waals surface area contributed by atoms with E-state index in [1.54, 1.807) is 7.11 Å². The highest BCUT2D eigenvalue weighted by Crippen LogP contribution is 2.33. The smallest absolute Gasteiger partial charge is 0.124 e. The summed E-state index contributed by atoms with van der Waals surface area (Å²) in [5, 5.41) is 9.30. The zero-order valence-corrected chi connectivity index (χ0v) is 10.4. The Hall–Kier alpha value is -1.06. The number of nitrogens with two attached hydrogens (primary N) is 1. The lowest BCUT2D eigenvalue weighted by atomic mass is 9.92. The first kappa shape index (κ1) is 12.4. The molecule has 3 nitrogen and oxygen atoms in total. The van der Waals surface area contributed by atoms with Crippen LogP contribution in [0.2, 0.25) is 0 Å². The molecular formula is C14H21NO2. The molecule has 1 aliphatic rings. The summed E-state index contributed by atoms with van der Waals surface area (Å²) >= 11 is 0. The average molecular weight is 235 g/mol. The number of ether oxygens (including phenoxy) is 1. The van der Waals surface area contributed by atoms with Crippen molar-refractivity contribution in [2.24, 2.45) is 5.73 Å². The van der Waals surface area contributed by atoms with Crippen molar-refractivity contribution in [3.05, 3.63) is 28.8 Å². The topological polar surface area (TPSA) is 55.5 Å². The van der Waals surface area contributed by atoms with Gasteiger partial charge in [-0.25, -0.2) is 0 Å². The molecule has 0 aromatic heterocycles. The largest absolute Gasteiger partial charge is 0.496 e. The molecule has 0 spiro atoms. The minimum Gasteiger partial charge on any atom is -0.496 e. The molecular weight excluding hydrogens is 214 g/mol. The summed E-state index contributed by atoms with van der Waals surface area (Å²) in [5.41, 5.74) is 9.71. The molecule has 2 rings (SSSR count). The van der Waals surface area contributed by atoms with Crippen molar-refractivity contribution < 1.29 is 9.84 Å². The van der Waals surface area contributed by atoms with E-state index in [-0.39, 0.29) is 12.6 Å². The van der Waals surface area contributed by atoms with Crippen LogP contribution < -0.4 is 10.5 Å². The molecule has 1 aromatic carbocycles. The van der Waals surface area contributed by atoms with Gasteiger partial charge in [-0.2, -0.15) is 0 Å². The van der Waals surface area contributed by atoms with Gasteiger partial charge in [0, 0.05) is 5.56 Å². The van der Waals surface area contributed by atoms with Gasteiger partial charge in [0.1, 0.15) is 5.75 Å². The molecule has 1 unspecified atom stereocenters. The van der Waals surface area contributed by atoms with Crippen LogP contribution in [-0.4, -0.2) is 18.8 Å². The van der Waals surface area contributed by atoms with E-state index >= 15 is 0 Å². The number of aliphatic hydroxyl groups is 1. The number of fused-ring (bicyclic) bond motifs is 1. The van der Waals surface area contributed by atoms with E-state index in [0.717, 1.165) is 24.2 Å². The maximum absolute atomic E-state index is 9.30. The number of methoxy groups -OCH3 is 1. The zero-order chi connectivity index (χ0) is 12.3. The third-order valence-corrected chi connectivity index (χ3v) is 3.57. The van der Waals surface area contributed by atoms with Crippen LogP contribution in [0.1, 0.15) is 42.0 Å². The molecule has 0 heterocycles. The van der Waals surface area contributed by atoms with Crippen LogP contribution in [0.3, 0.4) is 0 Å². The second kappa shape index (κ2) is 5.52. The number of hydrogen-bond donors (Lipinski definition) is 2. The molecule has 0 saturated heterocycles. The first-order valence-corrected chi connectivity index (χ1v) is 6.33. The Labute approximate surface area is 103 Å². The molecule has 3 N–H and O–H groups in total. The molecule has 1 aliphatic carbocycles. The van der Waals surface area contributed by atoms with E-state index in [4.69, 9.17) is 10.5 Å². The fraction of sp³-hybridized carbons (Fsp3) is 0.571. The van der Waals surface area contributed by atoms with E-state index < -0.39 is 0 Å². The zero-order valence-electron chi connectivity index (χ0n) is 10.4. The van der Waals surface area contributed by atoms with Gasteiger partial charge in [-0.1, -0.05) is 12.5 Å². The third kappa shape index (κ3) is 2.45. The molecule has 94 valence electrons. The molecule has 0 aliphatic heterocycles. The highest BCUT2D eigenvalue weighted by molar-refractivity contribution is 5.47. The summed E-state index contributed by atoms with van der Waals surface area (Å²) in [6.45, 7) is -0.0349. The fourth-order valence-electron chi connectivity index (χ4n) is 2.69. The standard InChI is InChI=1S/C14H21NO2/c1-17-13-8-7-10-5-3-2-4-6-11(10)14(13)12(15)9-16/h7-8,12,16H,2-6,9,15H2,1H3. The van der Waals surface area contributed by atoms with Crippen molar-refractivity contribution in [1.82, 2.24) is 0 Å². The van der Waals surface area contributed by atoms with Crippen LogP contribution >= 0.6 is 0 Å². The van der Waals surface area contributed by atoms with Gasteiger partial charge in [-0.15, -0.1) is 0 Å². The SMILES string of the molecule is COc1ccc2c(c1C(N)CO)CCCCC2. The van der Waals surface area contributed by atoms with Crippen molar-refractivity contribution in [3.8, 4) is 5.75 Å². The summed E-state index contributed by atoms with van der Waals surface area (Å²) < 4.78 is 5.38. The first-order chi connectivity index (χ1) is 8.27. The molecule has 0 fully saturated rings. The monoisotopic (exact) mass is 235 g/mol. The van der Waals surface area contributed by atoms with Gasteiger partial charge < -0.3 is 15.6 Å². The van der Waals surface area contributed by atoms with E-state index in [0.29, 0.717) is 0 Å². The number of rotatable bonds is 3. The molecule has 0 radical (unpaired) electrons. The van der Waals surface area contributed by atoms with Crippen LogP contribution in [0.5, 0.6) is 5.75 Å². The van der Waals surface area contributed by atoms with Crippen LogP contribution in [-0.2, 0) is 12.8 Å². The molecule has 1 aromatic rings. The van der Waals surface area contributed by atoms with Crippen molar-refractivity contribution >= 4 is 0 Å². The third-order valence-electron chi connectivity index (χ3n) is 3.57. The molecule has 0 saturated carbocycles. The Morgan fingerprint density at radius 1 is 1.29 bits per heavy atom. The number of hydrogen-bond acceptors (Lipinski definition) is 3. The van der Waals surface area contributed by atoms with E-state index in [2.05, 4.69) is 6.07 Å². The van der Waals surface area contributed by atoms with E-state index in [9.17, 15) is 5.11 Å². The number of benzene rings is 1. The van der Waals surface area contributed by atoms with Crippen molar-refractivity contribution in [3.63, 3.8) is 0 Å². The summed E-state index contributed by atoms with van der Waals surface area (Å²) in [6.07, 6.45) is 5.88. The summed E-state index contributed by atoms with van der Waals surface area (Å²) in [5.74, 6) is 0.812. The van der Waals surface area contributed by atoms with Gasteiger partial charge in [0.05, 0.1) is 19.8 Å². The minimum atomic E-state index is -0.335. The Morgan fingerprint density at radius 2 is 2.06 bits per heavy atom. The van der Waals surface area contributed by atoms with E-state index in [1.807, 2.05) is 6.07 Å². The molecule has 17 heavy (non-hydrogen) atoms. The second-order valence-corrected chi connectivity index (χ2v) is 4.67. The number of aliphatic hydroxyl groups excluding tert-OH is 1. The van der Waals surface area contributed by atoms with Gasteiger partial charge in [0.15, 0.2) is 0 Å². The van der Waals surface area contributed by atoms with Crippen molar-refractivity contribution in [1.29, 1.82) is 0 Å². The van der Waals surface area contributed by atoms with Crippen molar-refractivity contribution in [2.45, 2.75) is 38.1 Å². The normalized spacial score (nSPS) is 17.1. The molecule has 0 amide bonds. The summed E-state index contributed by atoms with van der Waals surface area (Å²) in [4.78, 5) is 0. The summed E-state index contributed by atoms with van der Waals surface area (Å²) in [6, 6.07) is 3.79. The van der Waals surface area contributed by atoms with Gasteiger partial charge >= 0.3 is 0 Å². The van der Waals surface area contributed by atoms with Gasteiger partial charge in [0.2, 0.25) is 0 Å².